The Labute approximate surface area is 131 Å². The van der Waals surface area contributed by atoms with E-state index in [4.69, 9.17) is 4.74 Å². The van der Waals surface area contributed by atoms with E-state index in [1.165, 1.54) is 5.56 Å². The van der Waals surface area contributed by atoms with E-state index in [0.717, 1.165) is 17.0 Å². The SMILES string of the molecule is COc1ccccc1NCCC(=O)NCc1cccc(C)c1. The van der Waals surface area contributed by atoms with Crippen molar-refractivity contribution in [2.45, 2.75) is 19.9 Å². The molecule has 22 heavy (non-hydrogen) atoms. The van der Waals surface area contributed by atoms with Gasteiger partial charge in [0, 0.05) is 19.5 Å². The summed E-state index contributed by atoms with van der Waals surface area (Å²) >= 11 is 0. The molecule has 0 unspecified atom stereocenters. The minimum absolute atomic E-state index is 0.0314. The largest absolute Gasteiger partial charge is 0.495 e. The van der Waals surface area contributed by atoms with E-state index >= 15 is 0 Å². The van der Waals surface area contributed by atoms with Crippen molar-refractivity contribution in [1.29, 1.82) is 0 Å². The smallest absolute Gasteiger partial charge is 0.222 e. The summed E-state index contributed by atoms with van der Waals surface area (Å²) in [6.45, 7) is 3.18. The molecule has 0 heterocycles. The van der Waals surface area contributed by atoms with E-state index in [2.05, 4.69) is 16.7 Å². The number of anilines is 1. The monoisotopic (exact) mass is 298 g/mol. The molecule has 0 saturated carbocycles. The number of para-hydroxylation sites is 2. The van der Waals surface area contributed by atoms with Crippen LogP contribution in [0.3, 0.4) is 0 Å². The number of methoxy groups -OCH3 is 1. The average Bonchev–Trinajstić information content (AvgIpc) is 2.53. The Kier molecular flexibility index (Phi) is 5.83. The van der Waals surface area contributed by atoms with Crippen molar-refractivity contribution in [3.63, 3.8) is 0 Å². The van der Waals surface area contributed by atoms with Gasteiger partial charge in [-0.1, -0.05) is 42.0 Å². The summed E-state index contributed by atoms with van der Waals surface area (Å²) in [5, 5.41) is 6.15. The second kappa shape index (κ2) is 8.08. The Morgan fingerprint density at radius 2 is 1.95 bits per heavy atom. The number of hydrogen-bond acceptors (Lipinski definition) is 3. The summed E-state index contributed by atoms with van der Waals surface area (Å²) in [6, 6.07) is 15.8. The Balaban J connectivity index is 1.74. The molecule has 4 nitrogen and oxygen atoms in total. The average molecular weight is 298 g/mol. The number of rotatable bonds is 7. The van der Waals surface area contributed by atoms with Crippen LogP contribution in [-0.4, -0.2) is 19.6 Å². The van der Waals surface area contributed by atoms with Gasteiger partial charge in [0.2, 0.25) is 5.91 Å². The van der Waals surface area contributed by atoms with E-state index in [9.17, 15) is 4.79 Å². The fourth-order valence-corrected chi connectivity index (χ4v) is 2.21. The quantitative estimate of drug-likeness (QED) is 0.825. The highest BCUT2D eigenvalue weighted by Gasteiger charge is 2.04. The van der Waals surface area contributed by atoms with E-state index < -0.39 is 0 Å². The minimum atomic E-state index is 0.0314. The maximum Gasteiger partial charge on any atom is 0.222 e. The first-order valence-electron chi connectivity index (χ1n) is 7.38. The topological polar surface area (TPSA) is 50.4 Å². The zero-order valence-electron chi connectivity index (χ0n) is 13.1. The maximum absolute atomic E-state index is 11.9. The Hall–Kier alpha value is -2.49. The zero-order chi connectivity index (χ0) is 15.8. The van der Waals surface area contributed by atoms with Crippen LogP contribution >= 0.6 is 0 Å². The lowest BCUT2D eigenvalue weighted by molar-refractivity contribution is -0.121. The van der Waals surface area contributed by atoms with Crippen LogP contribution in [0.5, 0.6) is 5.75 Å². The summed E-state index contributed by atoms with van der Waals surface area (Å²) in [7, 11) is 1.63. The van der Waals surface area contributed by atoms with E-state index in [-0.39, 0.29) is 5.91 Å². The molecule has 0 atom stereocenters. The molecule has 0 aliphatic carbocycles. The van der Waals surface area contributed by atoms with Gasteiger partial charge in [0.25, 0.3) is 0 Å². The van der Waals surface area contributed by atoms with Crippen molar-refractivity contribution in [2.75, 3.05) is 19.0 Å². The molecule has 2 aromatic rings. The predicted octanol–water partition coefficient (Wildman–Crippen LogP) is 3.12. The van der Waals surface area contributed by atoms with Crippen LogP contribution < -0.4 is 15.4 Å². The summed E-state index contributed by atoms with van der Waals surface area (Å²) in [6.07, 6.45) is 0.421. The summed E-state index contributed by atoms with van der Waals surface area (Å²) in [4.78, 5) is 11.9. The summed E-state index contributed by atoms with van der Waals surface area (Å²) in [5.41, 5.74) is 3.21. The van der Waals surface area contributed by atoms with Crippen LogP contribution in [0.2, 0.25) is 0 Å². The van der Waals surface area contributed by atoms with Gasteiger partial charge in [-0.05, 0) is 24.6 Å². The Morgan fingerprint density at radius 3 is 2.73 bits per heavy atom. The number of benzene rings is 2. The molecule has 0 saturated heterocycles. The second-order valence-electron chi connectivity index (χ2n) is 5.14. The number of carbonyl (C=O) groups is 1. The van der Waals surface area contributed by atoms with Gasteiger partial charge in [0.05, 0.1) is 12.8 Å². The first-order chi connectivity index (χ1) is 10.7. The minimum Gasteiger partial charge on any atom is -0.495 e. The molecule has 0 aliphatic rings. The fourth-order valence-electron chi connectivity index (χ4n) is 2.21. The Morgan fingerprint density at radius 1 is 1.14 bits per heavy atom. The molecule has 0 spiro atoms. The van der Waals surface area contributed by atoms with E-state index in [1.54, 1.807) is 7.11 Å². The van der Waals surface area contributed by atoms with Crippen molar-refractivity contribution in [3.05, 3.63) is 59.7 Å². The van der Waals surface area contributed by atoms with Crippen molar-refractivity contribution >= 4 is 11.6 Å². The molecule has 116 valence electrons. The molecule has 2 rings (SSSR count). The summed E-state index contributed by atoms with van der Waals surface area (Å²) in [5.74, 6) is 0.812. The number of carbonyl (C=O) groups excluding carboxylic acids is 1. The molecule has 2 aromatic carbocycles. The third-order valence-electron chi connectivity index (χ3n) is 3.35. The number of aryl methyl sites for hydroxylation is 1. The van der Waals surface area contributed by atoms with Crippen molar-refractivity contribution in [3.8, 4) is 5.75 Å². The third kappa shape index (κ3) is 4.81. The number of nitrogens with one attached hydrogen (secondary N) is 2. The number of amides is 1. The van der Waals surface area contributed by atoms with Gasteiger partial charge in [0.1, 0.15) is 5.75 Å². The molecule has 0 radical (unpaired) electrons. The molecule has 0 aromatic heterocycles. The Bertz CT molecular complexity index is 626. The van der Waals surface area contributed by atoms with E-state index in [0.29, 0.717) is 19.5 Å². The van der Waals surface area contributed by atoms with Crippen molar-refractivity contribution < 1.29 is 9.53 Å². The molecule has 4 heteroatoms. The van der Waals surface area contributed by atoms with Gasteiger partial charge in [-0.15, -0.1) is 0 Å². The summed E-state index contributed by atoms with van der Waals surface area (Å²) < 4.78 is 5.26. The van der Waals surface area contributed by atoms with Gasteiger partial charge in [0.15, 0.2) is 0 Å². The molecule has 1 amide bonds. The van der Waals surface area contributed by atoms with E-state index in [1.807, 2.05) is 49.4 Å². The normalized spacial score (nSPS) is 10.1. The number of hydrogen-bond donors (Lipinski definition) is 2. The third-order valence-corrected chi connectivity index (χ3v) is 3.35. The molecule has 0 bridgehead atoms. The lowest BCUT2D eigenvalue weighted by atomic mass is 10.1. The molecule has 2 N–H and O–H groups in total. The van der Waals surface area contributed by atoms with Crippen LogP contribution in [0.4, 0.5) is 5.69 Å². The van der Waals surface area contributed by atoms with Gasteiger partial charge < -0.3 is 15.4 Å². The number of ether oxygens (including phenoxy) is 1. The highest BCUT2D eigenvalue weighted by Crippen LogP contribution is 2.22. The predicted molar refractivity (Wildman–Crippen MR) is 89.1 cm³/mol. The lowest BCUT2D eigenvalue weighted by Crippen LogP contribution is -2.24. The highest BCUT2D eigenvalue weighted by molar-refractivity contribution is 5.76. The van der Waals surface area contributed by atoms with Crippen LogP contribution in [0.25, 0.3) is 0 Å². The van der Waals surface area contributed by atoms with Gasteiger partial charge in [-0.2, -0.15) is 0 Å². The molecule has 0 aliphatic heterocycles. The fraction of sp³-hybridized carbons (Fsp3) is 0.278. The zero-order valence-corrected chi connectivity index (χ0v) is 13.1. The second-order valence-corrected chi connectivity index (χ2v) is 5.14. The van der Waals surface area contributed by atoms with Crippen molar-refractivity contribution in [2.24, 2.45) is 0 Å². The van der Waals surface area contributed by atoms with Gasteiger partial charge in [-0.25, -0.2) is 0 Å². The maximum atomic E-state index is 11.9. The van der Waals surface area contributed by atoms with Crippen LogP contribution in [-0.2, 0) is 11.3 Å². The van der Waals surface area contributed by atoms with Gasteiger partial charge in [-0.3, -0.25) is 4.79 Å². The standard InChI is InChI=1S/C18H22N2O2/c1-14-6-5-7-15(12-14)13-20-18(21)10-11-19-16-8-3-4-9-17(16)22-2/h3-9,12,19H,10-11,13H2,1-2H3,(H,20,21). The van der Waals surface area contributed by atoms with Gasteiger partial charge >= 0.3 is 0 Å². The molecular weight excluding hydrogens is 276 g/mol. The molecule has 0 fully saturated rings. The lowest BCUT2D eigenvalue weighted by Gasteiger charge is -2.11. The molecular formula is C18H22N2O2. The van der Waals surface area contributed by atoms with Crippen LogP contribution in [0, 0.1) is 6.92 Å². The van der Waals surface area contributed by atoms with Crippen molar-refractivity contribution in [1.82, 2.24) is 5.32 Å². The first kappa shape index (κ1) is 15.9. The van der Waals surface area contributed by atoms with Crippen LogP contribution in [0.15, 0.2) is 48.5 Å². The first-order valence-corrected chi connectivity index (χ1v) is 7.38. The van der Waals surface area contributed by atoms with Crippen LogP contribution in [0.1, 0.15) is 17.5 Å². The highest BCUT2D eigenvalue weighted by atomic mass is 16.5.